The van der Waals surface area contributed by atoms with Crippen molar-refractivity contribution in [2.24, 2.45) is 0 Å². The summed E-state index contributed by atoms with van der Waals surface area (Å²) in [7, 11) is 1.64. The molecule has 0 saturated heterocycles. The number of nitrogens with zero attached hydrogens (tertiary/aromatic N) is 2. The molecule has 1 aromatic heterocycles. The number of para-hydroxylation sites is 2. The first-order chi connectivity index (χ1) is 18.2. The molecule has 186 valence electrons. The van der Waals surface area contributed by atoms with Crippen LogP contribution < -0.4 is 14.8 Å². The second kappa shape index (κ2) is 11.4. The lowest BCUT2D eigenvalue weighted by Gasteiger charge is -2.12. The first-order valence-electron chi connectivity index (χ1n) is 12.3. The van der Waals surface area contributed by atoms with E-state index in [0.717, 1.165) is 45.0 Å². The third kappa shape index (κ3) is 5.98. The predicted octanol–water partition coefficient (Wildman–Crippen LogP) is 5.65. The maximum Gasteiger partial charge on any atom is 0.224 e. The second-order valence-corrected chi connectivity index (χ2v) is 8.71. The van der Waals surface area contributed by atoms with Crippen molar-refractivity contribution in [3.05, 3.63) is 115 Å². The highest BCUT2D eigenvalue weighted by Gasteiger charge is 2.12. The fourth-order valence-electron chi connectivity index (χ4n) is 4.33. The number of methoxy groups -OCH3 is 1. The number of aromatic nitrogens is 2. The Hall–Kier alpha value is -4.58. The minimum absolute atomic E-state index is 0.0429. The first-order valence-corrected chi connectivity index (χ1v) is 12.3. The molecule has 5 aromatic rings. The van der Waals surface area contributed by atoms with Gasteiger partial charge in [0.05, 0.1) is 37.7 Å². The molecule has 5 rings (SSSR count). The van der Waals surface area contributed by atoms with Gasteiger partial charge < -0.3 is 19.4 Å². The van der Waals surface area contributed by atoms with Gasteiger partial charge in [-0.25, -0.2) is 4.98 Å². The van der Waals surface area contributed by atoms with Crippen molar-refractivity contribution in [2.45, 2.75) is 19.5 Å². The van der Waals surface area contributed by atoms with E-state index in [1.54, 1.807) is 7.11 Å². The van der Waals surface area contributed by atoms with Crippen LogP contribution in [-0.2, 0) is 24.3 Å². The molecule has 1 N–H and O–H groups in total. The lowest BCUT2D eigenvalue weighted by atomic mass is 10.0. The van der Waals surface area contributed by atoms with Gasteiger partial charge in [-0.1, -0.05) is 72.8 Å². The van der Waals surface area contributed by atoms with E-state index in [2.05, 4.69) is 34.1 Å². The summed E-state index contributed by atoms with van der Waals surface area (Å²) in [4.78, 5) is 17.5. The van der Waals surface area contributed by atoms with E-state index in [1.807, 2.05) is 78.9 Å². The number of carbonyl (C=O) groups excluding carboxylic acids is 1. The number of nitrogens with one attached hydrogen (secondary N) is 1. The second-order valence-electron chi connectivity index (χ2n) is 8.71. The Bertz CT molecular complexity index is 1480. The molecule has 1 amide bonds. The van der Waals surface area contributed by atoms with Crippen molar-refractivity contribution in [2.75, 3.05) is 13.7 Å². The van der Waals surface area contributed by atoms with Gasteiger partial charge >= 0.3 is 0 Å². The van der Waals surface area contributed by atoms with Gasteiger partial charge in [-0.15, -0.1) is 0 Å². The quantitative estimate of drug-likeness (QED) is 0.274. The van der Waals surface area contributed by atoms with Gasteiger partial charge in [-0.3, -0.25) is 4.79 Å². The zero-order valence-electron chi connectivity index (χ0n) is 20.8. The zero-order valence-corrected chi connectivity index (χ0v) is 20.8. The molecular weight excluding hydrogens is 462 g/mol. The fourth-order valence-corrected chi connectivity index (χ4v) is 4.33. The molecule has 0 atom stereocenters. The molecule has 0 unspecified atom stereocenters. The highest BCUT2D eigenvalue weighted by atomic mass is 16.5. The zero-order chi connectivity index (χ0) is 25.5. The molecule has 0 fully saturated rings. The van der Waals surface area contributed by atoms with Gasteiger partial charge in [0.1, 0.15) is 23.9 Å². The molecule has 4 aromatic carbocycles. The van der Waals surface area contributed by atoms with E-state index >= 15 is 0 Å². The van der Waals surface area contributed by atoms with Crippen LogP contribution in [0.5, 0.6) is 11.5 Å². The molecule has 0 aliphatic heterocycles. The Morgan fingerprint density at radius 2 is 1.57 bits per heavy atom. The third-order valence-electron chi connectivity index (χ3n) is 6.23. The number of benzene rings is 4. The summed E-state index contributed by atoms with van der Waals surface area (Å²) in [6, 6.07) is 33.9. The van der Waals surface area contributed by atoms with E-state index < -0.39 is 0 Å². The van der Waals surface area contributed by atoms with Crippen LogP contribution in [0.25, 0.3) is 22.2 Å². The standard InChI is InChI=1S/C31H29N3O3/c1-36-26-10-7-11-27(21-26)37-19-18-34-29-13-6-5-12-28(29)33-30(34)22-32-31(35)20-23-14-16-25(17-15-23)24-8-3-2-4-9-24/h2-17,21H,18-20,22H2,1H3,(H,32,35). The van der Waals surface area contributed by atoms with Gasteiger partial charge in [-0.05, 0) is 41.0 Å². The van der Waals surface area contributed by atoms with Gasteiger partial charge in [0.25, 0.3) is 0 Å². The number of hydrogen-bond acceptors (Lipinski definition) is 4. The summed E-state index contributed by atoms with van der Waals surface area (Å²) in [6.07, 6.45) is 0.314. The maximum atomic E-state index is 12.7. The molecular formula is C31H29N3O3. The Morgan fingerprint density at radius 3 is 2.38 bits per heavy atom. The van der Waals surface area contributed by atoms with E-state index in [1.165, 1.54) is 0 Å². The summed E-state index contributed by atoms with van der Waals surface area (Å²) in [5.41, 5.74) is 5.17. The number of hydrogen-bond donors (Lipinski definition) is 1. The van der Waals surface area contributed by atoms with E-state index in [-0.39, 0.29) is 5.91 Å². The van der Waals surface area contributed by atoms with Crippen molar-refractivity contribution in [1.82, 2.24) is 14.9 Å². The molecule has 6 heteroatoms. The Morgan fingerprint density at radius 1 is 0.838 bits per heavy atom. The van der Waals surface area contributed by atoms with E-state index in [9.17, 15) is 4.79 Å². The minimum Gasteiger partial charge on any atom is -0.497 e. The smallest absolute Gasteiger partial charge is 0.224 e. The average Bonchev–Trinajstić information content (AvgIpc) is 3.30. The molecule has 0 spiro atoms. The van der Waals surface area contributed by atoms with Crippen LogP contribution in [0.4, 0.5) is 0 Å². The highest BCUT2D eigenvalue weighted by Crippen LogP contribution is 2.21. The topological polar surface area (TPSA) is 65.4 Å². The molecule has 0 saturated carbocycles. The number of ether oxygens (including phenoxy) is 2. The molecule has 0 aliphatic carbocycles. The van der Waals surface area contributed by atoms with Crippen LogP contribution in [0.3, 0.4) is 0 Å². The molecule has 0 aliphatic rings. The molecule has 0 bridgehead atoms. The largest absolute Gasteiger partial charge is 0.497 e. The predicted molar refractivity (Wildman–Crippen MR) is 146 cm³/mol. The average molecular weight is 492 g/mol. The number of fused-ring (bicyclic) bond motifs is 1. The number of carbonyl (C=O) groups is 1. The van der Waals surface area contributed by atoms with Crippen LogP contribution in [0.2, 0.25) is 0 Å². The number of amides is 1. The molecule has 1 heterocycles. The molecule has 0 radical (unpaired) electrons. The van der Waals surface area contributed by atoms with Crippen molar-refractivity contribution in [1.29, 1.82) is 0 Å². The third-order valence-corrected chi connectivity index (χ3v) is 6.23. The maximum absolute atomic E-state index is 12.7. The fraction of sp³-hybridized carbons (Fsp3) is 0.161. The first kappa shape index (κ1) is 24.1. The molecule has 37 heavy (non-hydrogen) atoms. The van der Waals surface area contributed by atoms with Crippen LogP contribution in [0.1, 0.15) is 11.4 Å². The van der Waals surface area contributed by atoms with Crippen LogP contribution >= 0.6 is 0 Å². The number of rotatable bonds is 10. The summed E-state index contributed by atoms with van der Waals surface area (Å²) < 4.78 is 13.3. The Labute approximate surface area is 216 Å². The SMILES string of the molecule is COc1cccc(OCCn2c(CNC(=O)Cc3ccc(-c4ccccc4)cc3)nc3ccccc32)c1. The van der Waals surface area contributed by atoms with Crippen molar-refractivity contribution >= 4 is 16.9 Å². The summed E-state index contributed by atoms with van der Waals surface area (Å²) in [6.45, 7) is 1.40. The van der Waals surface area contributed by atoms with E-state index in [0.29, 0.717) is 26.1 Å². The van der Waals surface area contributed by atoms with Gasteiger partial charge in [-0.2, -0.15) is 0 Å². The summed E-state index contributed by atoms with van der Waals surface area (Å²) >= 11 is 0. The highest BCUT2D eigenvalue weighted by molar-refractivity contribution is 5.79. The minimum atomic E-state index is -0.0429. The van der Waals surface area contributed by atoms with E-state index in [4.69, 9.17) is 14.5 Å². The van der Waals surface area contributed by atoms with Crippen molar-refractivity contribution in [3.8, 4) is 22.6 Å². The summed E-state index contributed by atoms with van der Waals surface area (Å²) in [5, 5.41) is 3.04. The Kier molecular flexibility index (Phi) is 7.46. The van der Waals surface area contributed by atoms with Crippen LogP contribution in [-0.4, -0.2) is 29.2 Å². The van der Waals surface area contributed by atoms with Gasteiger partial charge in [0, 0.05) is 6.07 Å². The summed E-state index contributed by atoms with van der Waals surface area (Å²) in [5.74, 6) is 2.25. The lowest BCUT2D eigenvalue weighted by molar-refractivity contribution is -0.120. The number of imidazole rings is 1. The van der Waals surface area contributed by atoms with Crippen molar-refractivity contribution < 1.29 is 14.3 Å². The van der Waals surface area contributed by atoms with Gasteiger partial charge in [0.2, 0.25) is 5.91 Å². The Balaban J connectivity index is 1.22. The van der Waals surface area contributed by atoms with Crippen molar-refractivity contribution in [3.63, 3.8) is 0 Å². The van der Waals surface area contributed by atoms with Crippen LogP contribution in [0.15, 0.2) is 103 Å². The molecule has 6 nitrogen and oxygen atoms in total. The normalized spacial score (nSPS) is 10.8. The monoisotopic (exact) mass is 491 g/mol. The lowest BCUT2D eigenvalue weighted by Crippen LogP contribution is -2.26. The van der Waals surface area contributed by atoms with Crippen LogP contribution in [0, 0.1) is 0 Å². The van der Waals surface area contributed by atoms with Gasteiger partial charge in [0.15, 0.2) is 0 Å².